The molecule has 0 unspecified atom stereocenters. The summed E-state index contributed by atoms with van der Waals surface area (Å²) < 4.78 is 7.01. The van der Waals surface area contributed by atoms with Crippen LogP contribution in [0.1, 0.15) is 35.9 Å². The van der Waals surface area contributed by atoms with E-state index in [1.54, 1.807) is 9.58 Å². The molecule has 6 heteroatoms. The van der Waals surface area contributed by atoms with Crippen LogP contribution >= 0.6 is 0 Å². The van der Waals surface area contributed by atoms with Crippen LogP contribution < -0.4 is 5.73 Å². The summed E-state index contributed by atoms with van der Waals surface area (Å²) in [5.74, 6) is -0.0492. The minimum Gasteiger partial charge on any atom is -0.395 e. The molecular formula is C13H22N4O2. The van der Waals surface area contributed by atoms with Gasteiger partial charge >= 0.3 is 0 Å². The number of amides is 1. The van der Waals surface area contributed by atoms with Crippen molar-refractivity contribution in [3.8, 4) is 0 Å². The Kier molecular flexibility index (Phi) is 4.09. The van der Waals surface area contributed by atoms with Crippen LogP contribution in [-0.2, 0) is 11.3 Å². The molecule has 1 aromatic rings. The van der Waals surface area contributed by atoms with Crippen LogP contribution in [0, 0.1) is 6.92 Å². The van der Waals surface area contributed by atoms with Gasteiger partial charge in [0.05, 0.1) is 11.4 Å². The fraction of sp³-hybridized carbons (Fsp3) is 0.692. The standard InChI is InChI=1S/C13H22N4O2/c1-4-17-12(11(14)9(2)15-17)13(18)16(3)10-5-7-19-8-6-10/h10H,4-8,14H2,1-3H3. The lowest BCUT2D eigenvalue weighted by Crippen LogP contribution is -2.41. The van der Waals surface area contributed by atoms with Gasteiger partial charge in [0, 0.05) is 32.8 Å². The molecule has 0 bridgehead atoms. The van der Waals surface area contributed by atoms with Gasteiger partial charge in [0.15, 0.2) is 0 Å². The smallest absolute Gasteiger partial charge is 0.274 e. The SMILES string of the molecule is CCn1nc(C)c(N)c1C(=O)N(C)C1CCOCC1. The van der Waals surface area contributed by atoms with Gasteiger partial charge in [-0.2, -0.15) is 5.10 Å². The normalized spacial score (nSPS) is 16.6. The Morgan fingerprint density at radius 1 is 1.53 bits per heavy atom. The van der Waals surface area contributed by atoms with Crippen LogP contribution in [0.25, 0.3) is 0 Å². The van der Waals surface area contributed by atoms with Gasteiger partial charge in [-0.25, -0.2) is 0 Å². The maximum atomic E-state index is 12.6. The molecule has 106 valence electrons. The van der Waals surface area contributed by atoms with E-state index < -0.39 is 0 Å². The predicted octanol–water partition coefficient (Wildman–Crippen LogP) is 1.04. The number of aromatic nitrogens is 2. The van der Waals surface area contributed by atoms with Gasteiger partial charge in [-0.1, -0.05) is 0 Å². The van der Waals surface area contributed by atoms with Crippen molar-refractivity contribution in [2.24, 2.45) is 0 Å². The van der Waals surface area contributed by atoms with Crippen molar-refractivity contribution in [1.82, 2.24) is 14.7 Å². The van der Waals surface area contributed by atoms with Crippen LogP contribution in [-0.4, -0.2) is 46.9 Å². The first kappa shape index (κ1) is 13.9. The summed E-state index contributed by atoms with van der Waals surface area (Å²) in [5, 5.41) is 4.30. The van der Waals surface area contributed by atoms with Crippen molar-refractivity contribution in [3.05, 3.63) is 11.4 Å². The Morgan fingerprint density at radius 2 is 2.16 bits per heavy atom. The lowest BCUT2D eigenvalue weighted by Gasteiger charge is -2.31. The number of carbonyl (C=O) groups excluding carboxylic acids is 1. The zero-order valence-electron chi connectivity index (χ0n) is 11.8. The summed E-state index contributed by atoms with van der Waals surface area (Å²) in [7, 11) is 1.83. The average molecular weight is 266 g/mol. The lowest BCUT2D eigenvalue weighted by molar-refractivity contribution is 0.0356. The second-order valence-electron chi connectivity index (χ2n) is 4.92. The fourth-order valence-corrected chi connectivity index (χ4v) is 2.46. The van der Waals surface area contributed by atoms with E-state index in [-0.39, 0.29) is 11.9 Å². The number of hydrogen-bond donors (Lipinski definition) is 1. The van der Waals surface area contributed by atoms with E-state index in [1.165, 1.54) is 0 Å². The van der Waals surface area contributed by atoms with Crippen molar-refractivity contribution in [3.63, 3.8) is 0 Å². The Morgan fingerprint density at radius 3 is 2.74 bits per heavy atom. The topological polar surface area (TPSA) is 73.4 Å². The molecular weight excluding hydrogens is 244 g/mol. The monoisotopic (exact) mass is 266 g/mol. The van der Waals surface area contributed by atoms with Crippen LogP contribution in [0.15, 0.2) is 0 Å². The molecule has 0 atom stereocenters. The molecule has 0 aliphatic carbocycles. The summed E-state index contributed by atoms with van der Waals surface area (Å²) >= 11 is 0. The lowest BCUT2D eigenvalue weighted by atomic mass is 10.1. The number of anilines is 1. The zero-order chi connectivity index (χ0) is 14.0. The first-order valence-corrected chi connectivity index (χ1v) is 6.74. The molecule has 1 amide bonds. The molecule has 0 radical (unpaired) electrons. The maximum Gasteiger partial charge on any atom is 0.274 e. The molecule has 1 aromatic heterocycles. The first-order chi connectivity index (χ1) is 9.06. The molecule has 0 aromatic carbocycles. The van der Waals surface area contributed by atoms with Gasteiger partial charge in [-0.05, 0) is 26.7 Å². The second kappa shape index (κ2) is 5.61. The Labute approximate surface area is 113 Å². The summed E-state index contributed by atoms with van der Waals surface area (Å²) in [5.41, 5.74) is 7.70. The van der Waals surface area contributed by atoms with E-state index in [1.807, 2.05) is 20.9 Å². The molecule has 19 heavy (non-hydrogen) atoms. The summed E-state index contributed by atoms with van der Waals surface area (Å²) in [6, 6.07) is 0.223. The Hall–Kier alpha value is -1.56. The van der Waals surface area contributed by atoms with Crippen LogP contribution in [0.3, 0.4) is 0 Å². The highest BCUT2D eigenvalue weighted by molar-refractivity contribution is 5.98. The number of ether oxygens (including phenoxy) is 1. The molecule has 2 N–H and O–H groups in total. The van der Waals surface area contributed by atoms with Crippen LogP contribution in [0.5, 0.6) is 0 Å². The summed E-state index contributed by atoms with van der Waals surface area (Å²) in [6.07, 6.45) is 1.75. The minimum atomic E-state index is -0.0492. The predicted molar refractivity (Wildman–Crippen MR) is 73.0 cm³/mol. The van der Waals surface area contributed by atoms with Gasteiger partial charge in [-0.3, -0.25) is 9.48 Å². The molecule has 1 fully saturated rings. The highest BCUT2D eigenvalue weighted by Gasteiger charge is 2.27. The summed E-state index contributed by atoms with van der Waals surface area (Å²) in [6.45, 7) is 5.85. The quantitative estimate of drug-likeness (QED) is 0.887. The number of aryl methyl sites for hydroxylation is 2. The number of nitrogens with two attached hydrogens (primary N) is 1. The molecule has 0 saturated carbocycles. The Bertz CT molecular complexity index is 463. The largest absolute Gasteiger partial charge is 0.395 e. The van der Waals surface area contributed by atoms with Gasteiger partial charge in [-0.15, -0.1) is 0 Å². The molecule has 0 spiro atoms. The third-order valence-electron chi connectivity index (χ3n) is 3.73. The van der Waals surface area contributed by atoms with E-state index in [2.05, 4.69) is 5.10 Å². The fourth-order valence-electron chi connectivity index (χ4n) is 2.46. The molecule has 1 saturated heterocycles. The molecule has 1 aliphatic heterocycles. The van der Waals surface area contributed by atoms with Gasteiger partial charge in [0.2, 0.25) is 0 Å². The van der Waals surface area contributed by atoms with E-state index in [9.17, 15) is 4.79 Å². The van der Waals surface area contributed by atoms with E-state index in [0.29, 0.717) is 36.8 Å². The number of nitrogen functional groups attached to an aromatic ring is 1. The van der Waals surface area contributed by atoms with Crippen molar-refractivity contribution in [2.75, 3.05) is 26.0 Å². The number of carbonyl (C=O) groups is 1. The second-order valence-corrected chi connectivity index (χ2v) is 4.92. The first-order valence-electron chi connectivity index (χ1n) is 6.74. The average Bonchev–Trinajstić information content (AvgIpc) is 2.73. The number of hydrogen-bond acceptors (Lipinski definition) is 4. The third-order valence-corrected chi connectivity index (χ3v) is 3.73. The van der Waals surface area contributed by atoms with Crippen LogP contribution in [0.4, 0.5) is 5.69 Å². The van der Waals surface area contributed by atoms with E-state index in [4.69, 9.17) is 10.5 Å². The number of rotatable bonds is 3. The van der Waals surface area contributed by atoms with Crippen molar-refractivity contribution >= 4 is 11.6 Å². The van der Waals surface area contributed by atoms with Crippen LogP contribution in [0.2, 0.25) is 0 Å². The maximum absolute atomic E-state index is 12.6. The minimum absolute atomic E-state index is 0.0492. The third kappa shape index (κ3) is 2.58. The zero-order valence-corrected chi connectivity index (χ0v) is 11.8. The van der Waals surface area contributed by atoms with Crippen molar-refractivity contribution < 1.29 is 9.53 Å². The van der Waals surface area contributed by atoms with Crippen molar-refractivity contribution in [2.45, 2.75) is 39.3 Å². The highest BCUT2D eigenvalue weighted by atomic mass is 16.5. The Balaban J connectivity index is 2.23. The summed E-state index contributed by atoms with van der Waals surface area (Å²) in [4.78, 5) is 14.4. The van der Waals surface area contributed by atoms with Crippen molar-refractivity contribution in [1.29, 1.82) is 0 Å². The number of nitrogens with zero attached hydrogens (tertiary/aromatic N) is 3. The van der Waals surface area contributed by atoms with E-state index in [0.717, 1.165) is 12.8 Å². The van der Waals surface area contributed by atoms with Gasteiger partial charge in [0.25, 0.3) is 5.91 Å². The molecule has 2 rings (SSSR count). The molecule has 1 aliphatic rings. The molecule has 2 heterocycles. The highest BCUT2D eigenvalue weighted by Crippen LogP contribution is 2.21. The van der Waals surface area contributed by atoms with Gasteiger partial charge in [0.1, 0.15) is 5.69 Å². The van der Waals surface area contributed by atoms with Gasteiger partial charge < -0.3 is 15.4 Å². The van der Waals surface area contributed by atoms with E-state index >= 15 is 0 Å². The molecule has 6 nitrogen and oxygen atoms in total.